The van der Waals surface area contributed by atoms with Crippen molar-refractivity contribution in [1.29, 1.82) is 0 Å². The molecule has 1 saturated heterocycles. The number of piperidine rings is 1. The summed E-state index contributed by atoms with van der Waals surface area (Å²) in [5.74, 6) is -0.105. The highest BCUT2D eigenvalue weighted by atomic mass is 35.5. The SMILES string of the molecule is CCCCON(C(=O)C1CCC(N2CCC(Oc3ccc(Cl)c(Cl)c3)CC2)CC1)S(=O)(=O)c1ccccc1. The molecule has 2 fully saturated rings. The van der Waals surface area contributed by atoms with E-state index >= 15 is 0 Å². The number of halogens is 2. The van der Waals surface area contributed by atoms with Crippen LogP contribution in [0, 0.1) is 5.92 Å². The van der Waals surface area contributed by atoms with Crippen molar-refractivity contribution in [3.63, 3.8) is 0 Å². The molecule has 7 nitrogen and oxygen atoms in total. The molecule has 0 radical (unpaired) electrons. The van der Waals surface area contributed by atoms with Crippen molar-refractivity contribution in [2.45, 2.75) is 75.3 Å². The van der Waals surface area contributed by atoms with E-state index in [1.54, 1.807) is 30.3 Å². The second kappa shape index (κ2) is 13.5. The largest absolute Gasteiger partial charge is 0.490 e. The third-order valence-corrected chi connectivity index (χ3v) is 9.71. The van der Waals surface area contributed by atoms with Gasteiger partial charge in [-0.25, -0.2) is 0 Å². The lowest BCUT2D eigenvalue weighted by Gasteiger charge is -2.40. The van der Waals surface area contributed by atoms with Gasteiger partial charge in [-0.3, -0.25) is 9.63 Å². The second-order valence-corrected chi connectivity index (χ2v) is 12.6. The summed E-state index contributed by atoms with van der Waals surface area (Å²) in [6.45, 7) is 4.02. The van der Waals surface area contributed by atoms with Crippen LogP contribution in [0.3, 0.4) is 0 Å². The quantitative estimate of drug-likeness (QED) is 0.240. The topological polar surface area (TPSA) is 76.2 Å². The number of hydroxylamine groups is 1. The van der Waals surface area contributed by atoms with Crippen LogP contribution in [0.25, 0.3) is 0 Å². The molecule has 0 spiro atoms. The Labute approximate surface area is 236 Å². The monoisotopic (exact) mass is 582 g/mol. The first-order chi connectivity index (χ1) is 18.3. The predicted molar refractivity (Wildman–Crippen MR) is 149 cm³/mol. The number of ether oxygens (including phenoxy) is 1. The summed E-state index contributed by atoms with van der Waals surface area (Å²) in [6.07, 6.45) is 6.44. The fraction of sp³-hybridized carbons (Fsp3) is 0.536. The van der Waals surface area contributed by atoms with E-state index in [2.05, 4.69) is 4.90 Å². The molecule has 1 amide bonds. The summed E-state index contributed by atoms with van der Waals surface area (Å²) >= 11 is 12.1. The van der Waals surface area contributed by atoms with Crippen LogP contribution in [0.4, 0.5) is 0 Å². The van der Waals surface area contributed by atoms with E-state index in [9.17, 15) is 13.2 Å². The maximum atomic E-state index is 13.4. The Kier molecular flexibility index (Phi) is 10.3. The average molecular weight is 584 g/mol. The van der Waals surface area contributed by atoms with E-state index in [0.717, 1.165) is 50.9 Å². The Morgan fingerprint density at radius 3 is 2.29 bits per heavy atom. The second-order valence-electron chi connectivity index (χ2n) is 10.0. The van der Waals surface area contributed by atoms with Gasteiger partial charge in [-0.05, 0) is 69.2 Å². The zero-order valence-corrected chi connectivity index (χ0v) is 24.1. The molecule has 1 aliphatic carbocycles. The molecule has 208 valence electrons. The number of likely N-dealkylation sites (tertiary alicyclic amines) is 1. The Morgan fingerprint density at radius 2 is 1.66 bits per heavy atom. The van der Waals surface area contributed by atoms with Crippen LogP contribution in [0.1, 0.15) is 58.3 Å². The number of nitrogens with zero attached hydrogens (tertiary/aromatic N) is 2. The van der Waals surface area contributed by atoms with Crippen LogP contribution in [0.15, 0.2) is 53.4 Å². The highest BCUT2D eigenvalue weighted by Crippen LogP contribution is 2.33. The number of sulfonamides is 1. The van der Waals surface area contributed by atoms with Gasteiger partial charge in [0.05, 0.1) is 21.5 Å². The van der Waals surface area contributed by atoms with Crippen LogP contribution < -0.4 is 4.74 Å². The zero-order valence-electron chi connectivity index (χ0n) is 21.7. The molecule has 2 aromatic carbocycles. The molecule has 1 heterocycles. The normalized spacial score (nSPS) is 21.2. The van der Waals surface area contributed by atoms with Gasteiger partial charge in [0, 0.05) is 31.1 Å². The number of carbonyl (C=O) groups excluding carboxylic acids is 1. The number of benzene rings is 2. The molecule has 0 aromatic heterocycles. The summed E-state index contributed by atoms with van der Waals surface area (Å²) in [7, 11) is -4.08. The summed E-state index contributed by atoms with van der Waals surface area (Å²) in [4.78, 5) is 21.6. The molecule has 10 heteroatoms. The van der Waals surface area contributed by atoms with Crippen LogP contribution in [0.2, 0.25) is 10.0 Å². The molecule has 0 atom stereocenters. The van der Waals surface area contributed by atoms with Gasteiger partial charge in [0.1, 0.15) is 11.9 Å². The molecule has 0 bridgehead atoms. The highest BCUT2D eigenvalue weighted by Gasteiger charge is 2.38. The van der Waals surface area contributed by atoms with Crippen molar-refractivity contribution in [3.05, 3.63) is 58.6 Å². The highest BCUT2D eigenvalue weighted by molar-refractivity contribution is 7.89. The molecule has 0 N–H and O–H groups in total. The number of hydrogen-bond donors (Lipinski definition) is 0. The van der Waals surface area contributed by atoms with Gasteiger partial charge in [0.15, 0.2) is 0 Å². The van der Waals surface area contributed by atoms with Crippen molar-refractivity contribution in [3.8, 4) is 5.75 Å². The van der Waals surface area contributed by atoms with Gasteiger partial charge in [0.2, 0.25) is 0 Å². The molecule has 2 aliphatic rings. The minimum atomic E-state index is -4.08. The molecular formula is C28H36Cl2N2O5S. The minimum absolute atomic E-state index is 0.0597. The minimum Gasteiger partial charge on any atom is -0.490 e. The van der Waals surface area contributed by atoms with Gasteiger partial charge in [-0.1, -0.05) is 54.7 Å². The van der Waals surface area contributed by atoms with Gasteiger partial charge < -0.3 is 9.64 Å². The fourth-order valence-corrected chi connectivity index (χ4v) is 6.75. The fourth-order valence-electron chi connectivity index (χ4n) is 5.17. The van der Waals surface area contributed by atoms with Crippen molar-refractivity contribution in [2.24, 2.45) is 5.92 Å². The molecular weight excluding hydrogens is 547 g/mol. The number of carbonyl (C=O) groups is 1. The Hall–Kier alpha value is -1.84. The van der Waals surface area contributed by atoms with Gasteiger partial charge >= 0.3 is 0 Å². The number of rotatable bonds is 10. The van der Waals surface area contributed by atoms with Gasteiger partial charge in [0.25, 0.3) is 15.9 Å². The van der Waals surface area contributed by atoms with Crippen molar-refractivity contribution < 1.29 is 22.8 Å². The van der Waals surface area contributed by atoms with E-state index in [0.29, 0.717) is 39.8 Å². The molecule has 0 unspecified atom stereocenters. The first kappa shape index (κ1) is 29.2. The van der Waals surface area contributed by atoms with Crippen molar-refractivity contribution >= 4 is 39.1 Å². The lowest BCUT2D eigenvalue weighted by atomic mass is 9.84. The summed E-state index contributed by atoms with van der Waals surface area (Å²) in [5, 5.41) is 0.995. The van der Waals surface area contributed by atoms with E-state index in [1.807, 2.05) is 13.0 Å². The number of unbranched alkanes of at least 4 members (excludes halogenated alkanes) is 1. The Balaban J connectivity index is 1.31. The third kappa shape index (κ3) is 7.21. The van der Waals surface area contributed by atoms with Crippen molar-refractivity contribution in [2.75, 3.05) is 19.7 Å². The van der Waals surface area contributed by atoms with Crippen LogP contribution >= 0.6 is 23.2 Å². The molecule has 2 aromatic rings. The van der Waals surface area contributed by atoms with Crippen molar-refractivity contribution in [1.82, 2.24) is 9.37 Å². The maximum Gasteiger partial charge on any atom is 0.289 e. The van der Waals surface area contributed by atoms with E-state index in [4.69, 9.17) is 32.8 Å². The predicted octanol–water partition coefficient (Wildman–Crippen LogP) is 6.34. The van der Waals surface area contributed by atoms with Gasteiger partial charge in [-0.2, -0.15) is 8.42 Å². The number of hydrogen-bond acceptors (Lipinski definition) is 6. The van der Waals surface area contributed by atoms with Crippen LogP contribution in [-0.4, -0.2) is 55.5 Å². The van der Waals surface area contributed by atoms with Crippen LogP contribution in [0.5, 0.6) is 5.75 Å². The molecule has 1 aliphatic heterocycles. The third-order valence-electron chi connectivity index (χ3n) is 7.38. The lowest BCUT2D eigenvalue weighted by Crippen LogP contribution is -2.47. The summed E-state index contributed by atoms with van der Waals surface area (Å²) in [6, 6.07) is 13.7. The Bertz CT molecular complexity index is 1170. The molecule has 4 rings (SSSR count). The first-order valence-electron chi connectivity index (χ1n) is 13.4. The first-order valence-corrected chi connectivity index (χ1v) is 15.6. The van der Waals surface area contributed by atoms with E-state index < -0.39 is 15.9 Å². The zero-order chi connectivity index (χ0) is 27.1. The number of amides is 1. The summed E-state index contributed by atoms with van der Waals surface area (Å²) in [5.41, 5.74) is 0. The smallest absolute Gasteiger partial charge is 0.289 e. The average Bonchev–Trinajstić information content (AvgIpc) is 2.94. The maximum absolute atomic E-state index is 13.4. The standard InChI is InChI=1S/C28H36Cl2N2O5S/c1-2-3-19-36-32(38(34,35)25-7-5-4-6-8-25)28(33)21-9-11-22(12-10-21)31-17-15-23(16-18-31)37-24-13-14-26(29)27(30)20-24/h4-8,13-14,20-23H,2-3,9-12,15-19H2,1H3. The Morgan fingerprint density at radius 1 is 0.974 bits per heavy atom. The van der Waals surface area contributed by atoms with Crippen LogP contribution in [-0.2, 0) is 19.7 Å². The van der Waals surface area contributed by atoms with Gasteiger partial charge in [-0.15, -0.1) is 4.47 Å². The summed E-state index contributed by atoms with van der Waals surface area (Å²) < 4.78 is 33.3. The molecule has 1 saturated carbocycles. The lowest BCUT2D eigenvalue weighted by molar-refractivity contribution is -0.164. The van der Waals surface area contributed by atoms with E-state index in [-0.39, 0.29) is 23.5 Å². The molecule has 38 heavy (non-hydrogen) atoms. The van der Waals surface area contributed by atoms with E-state index in [1.165, 1.54) is 12.1 Å².